The summed E-state index contributed by atoms with van der Waals surface area (Å²) in [7, 11) is 0. The third-order valence-corrected chi connectivity index (χ3v) is 2.72. The number of carbonyl (C=O) groups excluding carboxylic acids is 1. The fraction of sp³-hybridized carbons (Fsp3) is 0.533. The predicted octanol–water partition coefficient (Wildman–Crippen LogP) is 1.84. The first-order valence-corrected chi connectivity index (χ1v) is 6.84. The first kappa shape index (κ1) is 20.4. The van der Waals surface area contributed by atoms with Gasteiger partial charge in [0.1, 0.15) is 0 Å². The normalized spacial score (nSPS) is 11.5. The van der Waals surface area contributed by atoms with Crippen LogP contribution in [-0.4, -0.2) is 61.6 Å². The molecule has 0 aliphatic rings. The fourth-order valence-corrected chi connectivity index (χ4v) is 1.58. The zero-order valence-corrected chi connectivity index (χ0v) is 11.9. The molecule has 21 heavy (non-hydrogen) atoms. The van der Waals surface area contributed by atoms with Crippen LogP contribution in [0.15, 0.2) is 30.3 Å². The molecule has 1 aromatic rings. The number of carbonyl (C=O) groups is 1. The van der Waals surface area contributed by atoms with Gasteiger partial charge in [-0.3, -0.25) is 0 Å². The van der Waals surface area contributed by atoms with Gasteiger partial charge in [0, 0.05) is 19.6 Å². The summed E-state index contributed by atoms with van der Waals surface area (Å²) in [6, 6.07) is 10.1. The van der Waals surface area contributed by atoms with E-state index in [2.05, 4.69) is 4.74 Å². The maximum atomic E-state index is 10.3. The van der Waals surface area contributed by atoms with Crippen molar-refractivity contribution in [2.75, 3.05) is 19.8 Å². The van der Waals surface area contributed by atoms with E-state index in [9.17, 15) is 4.79 Å². The van der Waals surface area contributed by atoms with Gasteiger partial charge < -0.3 is 19.9 Å². The van der Waals surface area contributed by atoms with E-state index >= 15 is 0 Å². The van der Waals surface area contributed by atoms with Gasteiger partial charge in [-0.1, -0.05) is 30.3 Å². The molecule has 0 aliphatic heterocycles. The molecule has 0 heterocycles. The molecule has 1 amide bonds. The molecule has 0 fully saturated rings. The molecule has 1 aromatic carbocycles. The molecule has 0 aromatic heterocycles. The topological polar surface area (TPSA) is 70.8 Å². The van der Waals surface area contributed by atoms with Gasteiger partial charge in [0.15, 0.2) is 0 Å². The van der Waals surface area contributed by atoms with Crippen molar-refractivity contribution >= 4 is 35.7 Å². The van der Waals surface area contributed by atoms with E-state index in [1.807, 2.05) is 37.3 Å². The Labute approximate surface area is 148 Å². The van der Waals surface area contributed by atoms with E-state index in [0.29, 0.717) is 32.8 Å². The molecule has 1 unspecified atom stereocenters. The molecular weight excluding hydrogens is 281 g/mol. The summed E-state index contributed by atoms with van der Waals surface area (Å²) in [6.45, 7) is 4.14. The van der Waals surface area contributed by atoms with Crippen LogP contribution in [0.25, 0.3) is 0 Å². The summed E-state index contributed by atoms with van der Waals surface area (Å²) in [5.41, 5.74) is 6.01. The molecule has 1 atom stereocenters. The number of primary amides is 1. The summed E-state index contributed by atoms with van der Waals surface area (Å²) in [6.07, 6.45) is 0.899. The van der Waals surface area contributed by atoms with Crippen LogP contribution in [0.5, 0.6) is 0 Å². The average Bonchev–Trinajstić information content (AvgIpc) is 2.45. The van der Waals surface area contributed by atoms with Crippen molar-refractivity contribution in [2.24, 2.45) is 5.73 Å². The molecule has 1 rings (SSSR count). The number of hydrogen-bond donors (Lipinski definition) is 1. The van der Waals surface area contributed by atoms with Gasteiger partial charge in [-0.05, 0) is 18.9 Å². The minimum atomic E-state index is -0.743. The summed E-state index contributed by atoms with van der Waals surface area (Å²) in [5.74, 6) is 0. The van der Waals surface area contributed by atoms with Gasteiger partial charge in [-0.2, -0.15) is 0 Å². The van der Waals surface area contributed by atoms with Crippen molar-refractivity contribution < 1.29 is 19.0 Å². The number of hydrogen-bond acceptors (Lipinski definition) is 4. The second kappa shape index (κ2) is 13.1. The van der Waals surface area contributed by atoms with E-state index in [1.165, 1.54) is 5.56 Å². The molecule has 0 spiro atoms. The first-order chi connectivity index (χ1) is 9.68. The summed E-state index contributed by atoms with van der Waals surface area (Å²) < 4.78 is 15.7. The van der Waals surface area contributed by atoms with Gasteiger partial charge in [0.05, 0.1) is 19.3 Å². The molecule has 0 saturated carbocycles. The number of rotatable bonds is 10. The van der Waals surface area contributed by atoms with Gasteiger partial charge in [0.25, 0.3) is 0 Å². The standard InChI is InChI=1S/C15H23NO4.Na.H/c1-13(20-12-14-6-3-2-4-7-14)8-11-18-9-5-10-19-15(16)17;;/h2-4,6-7,13H,5,8-12H2,1H3,(H2,16,17);;. The zero-order valence-electron chi connectivity index (χ0n) is 11.9. The van der Waals surface area contributed by atoms with Crippen molar-refractivity contribution in [3.63, 3.8) is 0 Å². The molecule has 2 N–H and O–H groups in total. The SMILES string of the molecule is CC(CCOCCCOC(N)=O)OCc1ccccc1.[NaH]. The van der Waals surface area contributed by atoms with Gasteiger partial charge in [-0.15, -0.1) is 0 Å². The Balaban J connectivity index is 0.00000400. The van der Waals surface area contributed by atoms with E-state index in [-0.39, 0.29) is 35.7 Å². The van der Waals surface area contributed by atoms with Crippen LogP contribution in [-0.2, 0) is 20.8 Å². The van der Waals surface area contributed by atoms with E-state index in [0.717, 1.165) is 6.42 Å². The van der Waals surface area contributed by atoms with Gasteiger partial charge >= 0.3 is 35.7 Å². The van der Waals surface area contributed by atoms with Crippen molar-refractivity contribution in [3.05, 3.63) is 35.9 Å². The summed E-state index contributed by atoms with van der Waals surface area (Å²) in [5, 5.41) is 0. The van der Waals surface area contributed by atoms with Gasteiger partial charge in [0.2, 0.25) is 0 Å². The molecule has 0 bridgehead atoms. The third-order valence-electron chi connectivity index (χ3n) is 2.72. The van der Waals surface area contributed by atoms with Crippen LogP contribution >= 0.6 is 0 Å². The maximum absolute atomic E-state index is 10.3. The van der Waals surface area contributed by atoms with Crippen LogP contribution in [0.4, 0.5) is 4.79 Å². The van der Waals surface area contributed by atoms with Crippen LogP contribution in [0, 0.1) is 0 Å². The second-order valence-electron chi connectivity index (χ2n) is 4.53. The predicted molar refractivity (Wildman–Crippen MR) is 83.4 cm³/mol. The van der Waals surface area contributed by atoms with E-state index in [4.69, 9.17) is 15.2 Å². The molecular formula is C15H24NNaO4. The Kier molecular flexibility index (Phi) is 12.7. The summed E-state index contributed by atoms with van der Waals surface area (Å²) in [4.78, 5) is 10.3. The van der Waals surface area contributed by atoms with Crippen LogP contribution in [0.2, 0.25) is 0 Å². The Hall–Kier alpha value is -0.590. The first-order valence-electron chi connectivity index (χ1n) is 6.84. The number of amides is 1. The van der Waals surface area contributed by atoms with Gasteiger partial charge in [-0.25, -0.2) is 4.79 Å². The number of nitrogens with two attached hydrogens (primary N) is 1. The Morgan fingerprint density at radius 2 is 1.90 bits per heavy atom. The monoisotopic (exact) mass is 305 g/mol. The van der Waals surface area contributed by atoms with Crippen molar-refractivity contribution in [3.8, 4) is 0 Å². The Morgan fingerprint density at radius 1 is 1.19 bits per heavy atom. The minimum absolute atomic E-state index is 0. The van der Waals surface area contributed by atoms with Crippen molar-refractivity contribution in [1.29, 1.82) is 0 Å². The molecule has 114 valence electrons. The van der Waals surface area contributed by atoms with Crippen molar-refractivity contribution in [2.45, 2.75) is 32.5 Å². The van der Waals surface area contributed by atoms with Crippen molar-refractivity contribution in [1.82, 2.24) is 0 Å². The second-order valence-corrected chi connectivity index (χ2v) is 4.53. The molecule has 0 saturated heterocycles. The van der Waals surface area contributed by atoms with Crippen LogP contribution < -0.4 is 5.73 Å². The number of ether oxygens (including phenoxy) is 3. The third kappa shape index (κ3) is 11.7. The molecule has 0 aliphatic carbocycles. The molecule has 5 nitrogen and oxygen atoms in total. The molecule has 6 heteroatoms. The van der Waals surface area contributed by atoms with Crippen LogP contribution in [0.3, 0.4) is 0 Å². The zero-order chi connectivity index (χ0) is 14.6. The van der Waals surface area contributed by atoms with Crippen LogP contribution in [0.1, 0.15) is 25.3 Å². The summed E-state index contributed by atoms with van der Waals surface area (Å²) >= 11 is 0. The average molecular weight is 305 g/mol. The van der Waals surface area contributed by atoms with E-state index < -0.39 is 6.09 Å². The Morgan fingerprint density at radius 3 is 2.57 bits per heavy atom. The Bertz CT molecular complexity index is 375. The fourth-order valence-electron chi connectivity index (χ4n) is 1.58. The quantitative estimate of drug-likeness (QED) is 0.529. The number of benzene rings is 1. The van der Waals surface area contributed by atoms with E-state index in [1.54, 1.807) is 0 Å². The molecule has 0 radical (unpaired) electrons.